The second-order valence-corrected chi connectivity index (χ2v) is 9.74. The van der Waals surface area contributed by atoms with Gasteiger partial charge in [-0.15, -0.1) is 0 Å². The van der Waals surface area contributed by atoms with E-state index in [1.165, 1.54) is 11.1 Å². The van der Waals surface area contributed by atoms with Crippen molar-refractivity contribution >= 4 is 18.0 Å². The number of nitrogens with one attached hydrogen (secondary N) is 1. The fraction of sp³-hybridized carbons (Fsp3) is 0.444. The molecule has 0 bridgehead atoms. The third-order valence-corrected chi connectivity index (χ3v) is 7.62. The normalized spacial score (nSPS) is 20.2. The van der Waals surface area contributed by atoms with Crippen LogP contribution in [0.1, 0.15) is 62.0 Å². The van der Waals surface area contributed by atoms with Gasteiger partial charge in [0.2, 0.25) is 5.91 Å². The number of carboxylic acids is 1. The SMILES string of the molecule is O=C(O)CC1CCCN1C(=O)CC1(NC(=O)OCC2c3ccccc3-c3ccccc32)CCC1. The number of nitrogens with zero attached hydrogens (tertiary/aromatic N) is 1. The topological polar surface area (TPSA) is 95.9 Å². The van der Waals surface area contributed by atoms with Crippen molar-refractivity contribution in [2.45, 2.75) is 62.4 Å². The summed E-state index contributed by atoms with van der Waals surface area (Å²) in [6.07, 6.45) is 3.57. The zero-order valence-electron chi connectivity index (χ0n) is 19.2. The summed E-state index contributed by atoms with van der Waals surface area (Å²) in [5, 5.41) is 12.1. The fourth-order valence-electron chi connectivity index (χ4n) is 5.77. The monoisotopic (exact) mass is 462 g/mol. The van der Waals surface area contributed by atoms with Crippen LogP contribution in [0.3, 0.4) is 0 Å². The minimum atomic E-state index is -0.889. The van der Waals surface area contributed by atoms with Crippen molar-refractivity contribution in [1.82, 2.24) is 10.2 Å². The van der Waals surface area contributed by atoms with Gasteiger partial charge in [-0.25, -0.2) is 4.79 Å². The van der Waals surface area contributed by atoms with Gasteiger partial charge < -0.3 is 20.1 Å². The number of likely N-dealkylation sites (tertiary alicyclic amines) is 1. The van der Waals surface area contributed by atoms with Gasteiger partial charge in [-0.05, 0) is 54.4 Å². The van der Waals surface area contributed by atoms with Gasteiger partial charge in [0, 0.05) is 18.5 Å². The average molecular weight is 463 g/mol. The number of aliphatic carboxylic acids is 1. The maximum absolute atomic E-state index is 13.0. The summed E-state index contributed by atoms with van der Waals surface area (Å²) < 4.78 is 5.70. The van der Waals surface area contributed by atoms with Gasteiger partial charge in [-0.1, -0.05) is 48.5 Å². The molecule has 2 aromatic rings. The molecule has 1 saturated heterocycles. The van der Waals surface area contributed by atoms with Crippen molar-refractivity contribution in [3.63, 3.8) is 0 Å². The van der Waals surface area contributed by atoms with Gasteiger partial charge in [0.25, 0.3) is 0 Å². The highest BCUT2D eigenvalue weighted by atomic mass is 16.5. The van der Waals surface area contributed by atoms with E-state index in [1.807, 2.05) is 24.3 Å². The maximum atomic E-state index is 13.0. The number of carboxylic acid groups (broad SMARTS) is 1. The Kier molecular flexibility index (Phi) is 6.02. The summed E-state index contributed by atoms with van der Waals surface area (Å²) in [4.78, 5) is 38.7. The summed E-state index contributed by atoms with van der Waals surface area (Å²) in [5.41, 5.74) is 4.06. The third-order valence-electron chi connectivity index (χ3n) is 7.62. The number of amides is 2. The molecular formula is C27H30N2O5. The van der Waals surface area contributed by atoms with Crippen molar-refractivity contribution in [1.29, 1.82) is 0 Å². The molecular weight excluding hydrogens is 432 g/mol. The molecule has 2 amide bonds. The van der Waals surface area contributed by atoms with Crippen LogP contribution in [0.2, 0.25) is 0 Å². The highest BCUT2D eigenvalue weighted by Crippen LogP contribution is 2.44. The minimum Gasteiger partial charge on any atom is -0.481 e. The van der Waals surface area contributed by atoms with Crippen molar-refractivity contribution in [2.75, 3.05) is 13.2 Å². The molecule has 1 saturated carbocycles. The lowest BCUT2D eigenvalue weighted by Gasteiger charge is -2.42. The molecule has 5 rings (SSSR count). The lowest BCUT2D eigenvalue weighted by Crippen LogP contribution is -2.56. The number of carbonyl (C=O) groups excluding carboxylic acids is 2. The van der Waals surface area contributed by atoms with E-state index in [4.69, 9.17) is 9.84 Å². The first-order valence-corrected chi connectivity index (χ1v) is 12.1. The zero-order valence-corrected chi connectivity index (χ0v) is 19.2. The van der Waals surface area contributed by atoms with Crippen LogP contribution in [0.25, 0.3) is 11.1 Å². The predicted octanol–water partition coefficient (Wildman–Crippen LogP) is 4.30. The first-order chi connectivity index (χ1) is 16.5. The van der Waals surface area contributed by atoms with Crippen molar-refractivity contribution in [3.05, 3.63) is 59.7 Å². The molecule has 1 aliphatic heterocycles. The van der Waals surface area contributed by atoms with Gasteiger partial charge in [0.05, 0.1) is 18.4 Å². The summed E-state index contributed by atoms with van der Waals surface area (Å²) in [7, 11) is 0. The molecule has 1 atom stereocenters. The number of fused-ring (bicyclic) bond motifs is 3. The van der Waals surface area contributed by atoms with Crippen molar-refractivity contribution < 1.29 is 24.2 Å². The van der Waals surface area contributed by atoms with Crippen LogP contribution in [-0.2, 0) is 14.3 Å². The van der Waals surface area contributed by atoms with E-state index in [2.05, 4.69) is 29.6 Å². The first-order valence-electron chi connectivity index (χ1n) is 12.1. The fourth-order valence-corrected chi connectivity index (χ4v) is 5.77. The van der Waals surface area contributed by atoms with Crippen molar-refractivity contribution in [2.24, 2.45) is 0 Å². The predicted molar refractivity (Wildman–Crippen MR) is 126 cm³/mol. The smallest absolute Gasteiger partial charge is 0.407 e. The number of carbonyl (C=O) groups is 3. The number of hydrogen-bond acceptors (Lipinski definition) is 4. The molecule has 0 radical (unpaired) electrons. The van der Waals surface area contributed by atoms with E-state index in [1.54, 1.807) is 4.90 Å². The second-order valence-electron chi connectivity index (χ2n) is 9.74. The average Bonchev–Trinajstić information content (AvgIpc) is 3.38. The van der Waals surface area contributed by atoms with Gasteiger partial charge in [0.1, 0.15) is 6.61 Å². The molecule has 2 aliphatic carbocycles. The number of rotatable bonds is 7. The minimum absolute atomic E-state index is 0.0153. The van der Waals surface area contributed by atoms with Crippen LogP contribution >= 0.6 is 0 Å². The number of hydrogen-bond donors (Lipinski definition) is 2. The largest absolute Gasteiger partial charge is 0.481 e. The van der Waals surface area contributed by atoms with Gasteiger partial charge >= 0.3 is 12.1 Å². The Morgan fingerprint density at radius 2 is 1.65 bits per heavy atom. The summed E-state index contributed by atoms with van der Waals surface area (Å²) >= 11 is 0. The van der Waals surface area contributed by atoms with E-state index in [0.29, 0.717) is 13.0 Å². The highest BCUT2D eigenvalue weighted by molar-refractivity contribution is 5.81. The Morgan fingerprint density at radius 1 is 1.00 bits per heavy atom. The molecule has 2 fully saturated rings. The molecule has 1 unspecified atom stereocenters. The van der Waals surface area contributed by atoms with E-state index >= 15 is 0 Å². The van der Waals surface area contributed by atoms with E-state index < -0.39 is 17.6 Å². The van der Waals surface area contributed by atoms with Crippen LogP contribution < -0.4 is 5.32 Å². The summed E-state index contributed by atoms with van der Waals surface area (Å²) in [5.74, 6) is -0.985. The van der Waals surface area contributed by atoms with Gasteiger partial charge in [-0.3, -0.25) is 9.59 Å². The van der Waals surface area contributed by atoms with Gasteiger partial charge in [0.15, 0.2) is 0 Å². The molecule has 7 heteroatoms. The number of benzene rings is 2. The molecule has 3 aliphatic rings. The molecule has 0 spiro atoms. The lowest BCUT2D eigenvalue weighted by atomic mass is 9.74. The quantitative estimate of drug-likeness (QED) is 0.640. The van der Waals surface area contributed by atoms with E-state index in [9.17, 15) is 14.4 Å². The number of alkyl carbamates (subject to hydrolysis) is 1. The Balaban J connectivity index is 1.21. The van der Waals surface area contributed by atoms with E-state index in [0.717, 1.165) is 36.8 Å². The van der Waals surface area contributed by atoms with E-state index in [-0.39, 0.29) is 37.3 Å². The number of ether oxygens (including phenoxy) is 1. The third kappa shape index (κ3) is 4.27. The lowest BCUT2D eigenvalue weighted by molar-refractivity contribution is -0.140. The zero-order chi connectivity index (χ0) is 23.7. The molecule has 2 aromatic carbocycles. The Hall–Kier alpha value is -3.35. The molecule has 7 nitrogen and oxygen atoms in total. The first kappa shape index (κ1) is 22.4. The molecule has 2 N–H and O–H groups in total. The summed E-state index contributed by atoms with van der Waals surface area (Å²) in [6, 6.07) is 16.1. The second kappa shape index (κ2) is 9.12. The molecule has 34 heavy (non-hydrogen) atoms. The van der Waals surface area contributed by atoms with Crippen LogP contribution in [0.15, 0.2) is 48.5 Å². The van der Waals surface area contributed by atoms with Crippen molar-refractivity contribution in [3.8, 4) is 11.1 Å². The van der Waals surface area contributed by atoms with Crippen LogP contribution in [0, 0.1) is 0 Å². The Morgan fingerprint density at radius 3 is 2.24 bits per heavy atom. The Bertz CT molecular complexity index is 1060. The van der Waals surface area contributed by atoms with Crippen LogP contribution in [0.4, 0.5) is 4.79 Å². The molecule has 1 heterocycles. The van der Waals surface area contributed by atoms with Crippen LogP contribution in [0.5, 0.6) is 0 Å². The standard InChI is InChI=1S/C27H30N2O5/c30-24(29-14-5-7-18(29)15-25(31)32)16-27(12-6-13-27)28-26(33)34-17-23-21-10-3-1-8-19(21)20-9-2-4-11-22(20)23/h1-4,8-11,18,23H,5-7,12-17H2,(H,28,33)(H,31,32). The molecule has 0 aromatic heterocycles. The maximum Gasteiger partial charge on any atom is 0.407 e. The van der Waals surface area contributed by atoms with Crippen LogP contribution in [-0.4, -0.2) is 52.7 Å². The Labute approximate surface area is 199 Å². The highest BCUT2D eigenvalue weighted by Gasteiger charge is 2.43. The molecule has 178 valence electrons. The summed E-state index contributed by atoms with van der Waals surface area (Å²) in [6.45, 7) is 0.814. The van der Waals surface area contributed by atoms with Gasteiger partial charge in [-0.2, -0.15) is 0 Å².